The quantitative estimate of drug-likeness (QED) is 0.288. The maximum absolute atomic E-state index is 12.9. The van der Waals surface area contributed by atoms with Gasteiger partial charge in [0, 0.05) is 28.0 Å². The van der Waals surface area contributed by atoms with Crippen molar-refractivity contribution < 1.29 is 32.3 Å². The highest BCUT2D eigenvalue weighted by molar-refractivity contribution is 7.99. The summed E-state index contributed by atoms with van der Waals surface area (Å²) in [5.41, 5.74) is 2.78. The molecule has 0 radical (unpaired) electrons. The number of hydrogen-bond donors (Lipinski definition) is 0. The van der Waals surface area contributed by atoms with Gasteiger partial charge in [0.25, 0.3) is 0 Å². The second-order valence-electron chi connectivity index (χ2n) is 8.25. The lowest BCUT2D eigenvalue weighted by Crippen LogP contribution is -2.21. The molecule has 35 heavy (non-hydrogen) atoms. The largest absolute Gasteiger partial charge is 0.460 e. The van der Waals surface area contributed by atoms with Crippen molar-refractivity contribution in [2.75, 3.05) is 5.75 Å². The molecule has 0 heterocycles. The first-order valence-electron chi connectivity index (χ1n) is 10.9. The van der Waals surface area contributed by atoms with Gasteiger partial charge in [-0.25, -0.2) is 0 Å². The summed E-state index contributed by atoms with van der Waals surface area (Å²) >= 11 is 1.24. The zero-order valence-corrected chi connectivity index (χ0v) is 19.5. The number of ether oxygens (including phenoxy) is 1. The Morgan fingerprint density at radius 2 is 1.51 bits per heavy atom. The van der Waals surface area contributed by atoms with Crippen molar-refractivity contribution in [2.24, 2.45) is 0 Å². The Morgan fingerprint density at radius 1 is 0.857 bits per heavy atom. The third-order valence-corrected chi connectivity index (χ3v) is 6.80. The lowest BCUT2D eigenvalue weighted by molar-refractivity contribution is -0.146. The van der Waals surface area contributed by atoms with Gasteiger partial charge < -0.3 is 4.74 Å². The second-order valence-corrected chi connectivity index (χ2v) is 9.23. The Morgan fingerprint density at radius 3 is 2.20 bits per heavy atom. The summed E-state index contributed by atoms with van der Waals surface area (Å²) in [7, 11) is 0. The van der Waals surface area contributed by atoms with E-state index in [0.717, 1.165) is 6.92 Å². The lowest BCUT2D eigenvalue weighted by atomic mass is 9.83. The minimum atomic E-state index is -4.31. The fourth-order valence-corrected chi connectivity index (χ4v) is 4.60. The molecule has 0 N–H and O–H groups in total. The first kappa shape index (κ1) is 24.7. The second kappa shape index (κ2) is 10.1. The summed E-state index contributed by atoms with van der Waals surface area (Å²) in [5, 5.41) is 0. The van der Waals surface area contributed by atoms with Crippen molar-refractivity contribution in [1.82, 2.24) is 0 Å². The average Bonchev–Trinajstić information content (AvgIpc) is 2.85. The van der Waals surface area contributed by atoms with Crippen LogP contribution in [-0.2, 0) is 21.9 Å². The molecule has 3 aromatic carbocycles. The fourth-order valence-electron chi connectivity index (χ4n) is 3.84. The number of esters is 1. The molecule has 4 rings (SSSR count). The average molecular weight is 499 g/mol. The number of thioether (sulfide) groups is 1. The van der Waals surface area contributed by atoms with Crippen LogP contribution in [0.2, 0.25) is 0 Å². The van der Waals surface area contributed by atoms with Gasteiger partial charge >= 0.3 is 12.1 Å². The number of alkyl halides is 3. The first-order chi connectivity index (χ1) is 16.6. The number of carbonyl (C=O) groups is 3. The van der Waals surface area contributed by atoms with Crippen LogP contribution < -0.4 is 0 Å². The van der Waals surface area contributed by atoms with Crippen molar-refractivity contribution in [3.05, 3.63) is 106 Å². The molecule has 0 aliphatic heterocycles. The minimum absolute atomic E-state index is 0.0226. The molecule has 0 aromatic heterocycles. The molecule has 0 amide bonds. The molecule has 180 valence electrons. The van der Waals surface area contributed by atoms with Crippen LogP contribution in [-0.4, -0.2) is 29.5 Å². The van der Waals surface area contributed by atoms with E-state index in [-0.39, 0.29) is 35.1 Å². The summed E-state index contributed by atoms with van der Waals surface area (Å²) in [6.45, 7) is 1.06. The first-order valence-corrected chi connectivity index (χ1v) is 12.0. The van der Waals surface area contributed by atoms with Crippen LogP contribution in [0.1, 0.15) is 61.4 Å². The van der Waals surface area contributed by atoms with Crippen LogP contribution in [0.5, 0.6) is 0 Å². The van der Waals surface area contributed by atoms with E-state index in [1.54, 1.807) is 54.6 Å². The van der Waals surface area contributed by atoms with Crippen molar-refractivity contribution in [1.29, 1.82) is 0 Å². The summed E-state index contributed by atoms with van der Waals surface area (Å²) in [6, 6.07) is 17.7. The summed E-state index contributed by atoms with van der Waals surface area (Å²) < 4.78 is 44.1. The van der Waals surface area contributed by atoms with E-state index in [4.69, 9.17) is 4.74 Å². The van der Waals surface area contributed by atoms with Crippen LogP contribution >= 0.6 is 11.8 Å². The lowest BCUT2D eigenvalue weighted by Gasteiger charge is -2.18. The Kier molecular flexibility index (Phi) is 7.12. The normalized spacial score (nSPS) is 13.7. The highest BCUT2D eigenvalue weighted by atomic mass is 32.2. The predicted molar refractivity (Wildman–Crippen MR) is 127 cm³/mol. The van der Waals surface area contributed by atoms with Gasteiger partial charge in [0.05, 0.1) is 11.7 Å². The number of benzene rings is 3. The molecule has 8 heteroatoms. The number of fused-ring (bicyclic) bond motifs is 2. The van der Waals surface area contributed by atoms with Gasteiger partial charge in [0.1, 0.15) is 6.61 Å². The molecule has 0 saturated heterocycles. The van der Waals surface area contributed by atoms with Gasteiger partial charge in [0.2, 0.25) is 0 Å². The van der Waals surface area contributed by atoms with E-state index < -0.39 is 18.1 Å². The SMILES string of the molecule is CC(c1cccc(CSCC(=O)OCc2ccc3c(c2)C(=O)c2ccccc2C3=O)c1)C(F)(F)F. The van der Waals surface area contributed by atoms with Crippen LogP contribution in [0, 0.1) is 0 Å². The summed E-state index contributed by atoms with van der Waals surface area (Å²) in [5.74, 6) is -2.13. The fraction of sp³-hybridized carbons (Fsp3) is 0.222. The number of rotatable bonds is 7. The Bertz CT molecular complexity index is 1300. The van der Waals surface area contributed by atoms with Crippen molar-refractivity contribution in [3.8, 4) is 0 Å². The molecule has 4 nitrogen and oxygen atoms in total. The van der Waals surface area contributed by atoms with Crippen molar-refractivity contribution in [3.63, 3.8) is 0 Å². The topological polar surface area (TPSA) is 60.4 Å². The molecule has 3 aromatic rings. The van der Waals surface area contributed by atoms with Crippen molar-refractivity contribution in [2.45, 2.75) is 31.4 Å². The third kappa shape index (κ3) is 5.48. The van der Waals surface area contributed by atoms with Crippen LogP contribution in [0.4, 0.5) is 13.2 Å². The molecule has 0 bridgehead atoms. The van der Waals surface area contributed by atoms with E-state index >= 15 is 0 Å². The van der Waals surface area contributed by atoms with E-state index in [1.807, 2.05) is 0 Å². The van der Waals surface area contributed by atoms with Gasteiger partial charge in [-0.15, -0.1) is 11.8 Å². The number of carbonyl (C=O) groups excluding carboxylic acids is 3. The van der Waals surface area contributed by atoms with Gasteiger partial charge in [-0.2, -0.15) is 13.2 Å². The third-order valence-electron chi connectivity index (χ3n) is 5.82. The van der Waals surface area contributed by atoms with Crippen molar-refractivity contribution >= 4 is 29.3 Å². The molecular formula is C27H21F3O4S. The van der Waals surface area contributed by atoms with E-state index in [2.05, 4.69) is 0 Å². The molecule has 0 fully saturated rings. The monoisotopic (exact) mass is 498 g/mol. The van der Waals surface area contributed by atoms with E-state index in [0.29, 0.717) is 33.6 Å². The Hall–Kier alpha value is -3.39. The predicted octanol–water partition coefficient (Wildman–Crippen LogP) is 6.10. The van der Waals surface area contributed by atoms with Gasteiger partial charge in [0.15, 0.2) is 11.6 Å². The molecule has 1 atom stereocenters. The van der Waals surface area contributed by atoms with Gasteiger partial charge in [-0.1, -0.05) is 54.6 Å². The number of halogens is 3. The van der Waals surface area contributed by atoms with Gasteiger partial charge in [-0.05, 0) is 35.7 Å². The number of ketones is 2. The molecule has 0 saturated carbocycles. The molecule has 0 spiro atoms. The Balaban J connectivity index is 1.32. The maximum atomic E-state index is 12.9. The molecular weight excluding hydrogens is 477 g/mol. The molecule has 1 unspecified atom stereocenters. The van der Waals surface area contributed by atoms with E-state index in [1.165, 1.54) is 23.9 Å². The highest BCUT2D eigenvalue weighted by Gasteiger charge is 2.37. The maximum Gasteiger partial charge on any atom is 0.395 e. The summed E-state index contributed by atoms with van der Waals surface area (Å²) in [4.78, 5) is 37.7. The zero-order chi connectivity index (χ0) is 25.2. The summed E-state index contributed by atoms with van der Waals surface area (Å²) in [6.07, 6.45) is -4.31. The Labute approximate surface area is 204 Å². The van der Waals surface area contributed by atoms with Crippen LogP contribution in [0.25, 0.3) is 0 Å². The highest BCUT2D eigenvalue weighted by Crippen LogP contribution is 2.34. The van der Waals surface area contributed by atoms with Crippen LogP contribution in [0.3, 0.4) is 0 Å². The standard InChI is InChI=1S/C27H21F3O4S/c1-16(27(28,29)30)19-6-4-5-18(11-19)14-35-15-24(31)34-13-17-9-10-22-23(12-17)26(33)21-8-3-2-7-20(21)25(22)32/h2-12,16H,13-15H2,1H3. The smallest absolute Gasteiger partial charge is 0.395 e. The van der Waals surface area contributed by atoms with Crippen LogP contribution in [0.15, 0.2) is 66.7 Å². The molecule has 1 aliphatic rings. The zero-order valence-electron chi connectivity index (χ0n) is 18.7. The molecule has 1 aliphatic carbocycles. The minimum Gasteiger partial charge on any atom is -0.460 e. The number of hydrogen-bond acceptors (Lipinski definition) is 5. The van der Waals surface area contributed by atoms with E-state index in [9.17, 15) is 27.6 Å². The van der Waals surface area contributed by atoms with Gasteiger partial charge in [-0.3, -0.25) is 14.4 Å².